The molecule has 2 aliphatic rings. The van der Waals surface area contributed by atoms with Gasteiger partial charge in [-0.3, -0.25) is 4.90 Å². The van der Waals surface area contributed by atoms with Gasteiger partial charge in [-0.1, -0.05) is 6.92 Å². The van der Waals surface area contributed by atoms with Gasteiger partial charge in [0.25, 0.3) is 0 Å². The predicted molar refractivity (Wildman–Crippen MR) is 61.7 cm³/mol. The lowest BCUT2D eigenvalue weighted by atomic mass is 9.94. The number of ether oxygens (including phenoxy) is 1. The second kappa shape index (κ2) is 4.81. The van der Waals surface area contributed by atoms with E-state index in [9.17, 15) is 0 Å². The first-order valence-electron chi connectivity index (χ1n) is 6.23. The number of nitrogens with zero attached hydrogens (tertiary/aromatic N) is 1. The lowest BCUT2D eigenvalue weighted by molar-refractivity contribution is -0.0208. The van der Waals surface area contributed by atoms with E-state index in [1.165, 1.54) is 25.8 Å². The monoisotopic (exact) mass is 212 g/mol. The van der Waals surface area contributed by atoms with Crippen LogP contribution in [0.3, 0.4) is 0 Å². The van der Waals surface area contributed by atoms with Crippen LogP contribution in [0.2, 0.25) is 0 Å². The van der Waals surface area contributed by atoms with Crippen molar-refractivity contribution in [1.82, 2.24) is 4.90 Å². The quantitative estimate of drug-likeness (QED) is 0.758. The van der Waals surface area contributed by atoms with Crippen molar-refractivity contribution in [3.05, 3.63) is 0 Å². The minimum Gasteiger partial charge on any atom is -0.380 e. The molecule has 1 heterocycles. The van der Waals surface area contributed by atoms with Gasteiger partial charge in [-0.15, -0.1) is 0 Å². The second-order valence-electron chi connectivity index (χ2n) is 5.18. The van der Waals surface area contributed by atoms with Crippen molar-refractivity contribution in [3.8, 4) is 0 Å². The average molecular weight is 212 g/mol. The molecule has 88 valence electrons. The molecule has 0 aromatic heterocycles. The summed E-state index contributed by atoms with van der Waals surface area (Å²) in [5.41, 5.74) is 5.88. The molecule has 0 bridgehead atoms. The van der Waals surface area contributed by atoms with E-state index in [2.05, 4.69) is 11.8 Å². The minimum atomic E-state index is 0.409. The molecule has 0 aromatic carbocycles. The highest BCUT2D eigenvalue weighted by molar-refractivity contribution is 4.92. The molecule has 3 atom stereocenters. The fraction of sp³-hybridized carbons (Fsp3) is 1.00. The number of methoxy groups -OCH3 is 1. The maximum atomic E-state index is 5.88. The third kappa shape index (κ3) is 2.52. The van der Waals surface area contributed by atoms with Crippen LogP contribution in [0, 0.1) is 11.8 Å². The Morgan fingerprint density at radius 3 is 2.67 bits per heavy atom. The van der Waals surface area contributed by atoms with Crippen molar-refractivity contribution >= 4 is 0 Å². The van der Waals surface area contributed by atoms with Crippen LogP contribution in [0.25, 0.3) is 0 Å². The number of hydrogen-bond acceptors (Lipinski definition) is 3. The fourth-order valence-corrected chi connectivity index (χ4v) is 2.79. The summed E-state index contributed by atoms with van der Waals surface area (Å²) in [4.78, 5) is 2.56. The Bertz CT molecular complexity index is 206. The molecule has 2 fully saturated rings. The van der Waals surface area contributed by atoms with Gasteiger partial charge in [-0.25, -0.2) is 0 Å². The molecule has 0 radical (unpaired) electrons. The molecule has 3 heteroatoms. The van der Waals surface area contributed by atoms with Crippen LogP contribution < -0.4 is 5.73 Å². The van der Waals surface area contributed by atoms with Crippen molar-refractivity contribution in [3.63, 3.8) is 0 Å². The predicted octanol–water partition coefficient (Wildman–Crippen LogP) is 1.08. The van der Waals surface area contributed by atoms with E-state index in [-0.39, 0.29) is 0 Å². The van der Waals surface area contributed by atoms with Gasteiger partial charge in [-0.2, -0.15) is 0 Å². The summed E-state index contributed by atoms with van der Waals surface area (Å²) in [5, 5.41) is 0. The van der Waals surface area contributed by atoms with Crippen LogP contribution in [0.1, 0.15) is 26.2 Å². The van der Waals surface area contributed by atoms with E-state index in [0.717, 1.165) is 19.0 Å². The second-order valence-corrected chi connectivity index (χ2v) is 5.18. The zero-order chi connectivity index (χ0) is 10.8. The number of hydrogen-bond donors (Lipinski definition) is 1. The maximum Gasteiger partial charge on any atom is 0.0724 e. The number of piperidine rings is 1. The summed E-state index contributed by atoms with van der Waals surface area (Å²) in [6.07, 6.45) is 4.42. The van der Waals surface area contributed by atoms with E-state index in [4.69, 9.17) is 10.5 Å². The summed E-state index contributed by atoms with van der Waals surface area (Å²) in [7, 11) is 1.83. The largest absolute Gasteiger partial charge is 0.380 e. The third-order valence-corrected chi connectivity index (χ3v) is 4.10. The first-order valence-corrected chi connectivity index (χ1v) is 6.23. The Hall–Kier alpha value is -0.120. The standard InChI is InChI=1S/C12H24N2O/c1-9-5-6-14(8-12(9)15-2)11(7-13)10-3-4-10/h9-12H,3-8,13H2,1-2H3. The van der Waals surface area contributed by atoms with Gasteiger partial charge in [0.15, 0.2) is 0 Å². The first-order chi connectivity index (χ1) is 7.26. The molecule has 1 saturated heterocycles. The fourth-order valence-electron chi connectivity index (χ4n) is 2.79. The average Bonchev–Trinajstić information content (AvgIpc) is 3.06. The van der Waals surface area contributed by atoms with E-state index >= 15 is 0 Å². The molecule has 15 heavy (non-hydrogen) atoms. The summed E-state index contributed by atoms with van der Waals surface area (Å²) in [6.45, 7) is 5.39. The molecule has 2 N–H and O–H groups in total. The Labute approximate surface area is 93.0 Å². The number of nitrogens with two attached hydrogens (primary N) is 1. The molecule has 3 nitrogen and oxygen atoms in total. The Kier molecular flexibility index (Phi) is 3.65. The van der Waals surface area contributed by atoms with Crippen LogP contribution in [-0.4, -0.2) is 43.8 Å². The number of rotatable bonds is 4. The zero-order valence-electron chi connectivity index (χ0n) is 9.98. The van der Waals surface area contributed by atoms with Gasteiger partial charge in [-0.05, 0) is 37.6 Å². The summed E-state index contributed by atoms with van der Waals surface area (Å²) >= 11 is 0. The van der Waals surface area contributed by atoms with E-state index in [1.807, 2.05) is 7.11 Å². The molecule has 0 spiro atoms. The van der Waals surface area contributed by atoms with E-state index < -0.39 is 0 Å². The molecular weight excluding hydrogens is 188 g/mol. The Morgan fingerprint density at radius 1 is 1.40 bits per heavy atom. The van der Waals surface area contributed by atoms with Crippen molar-refractivity contribution in [1.29, 1.82) is 0 Å². The van der Waals surface area contributed by atoms with Crippen molar-refractivity contribution in [2.45, 2.75) is 38.3 Å². The summed E-state index contributed by atoms with van der Waals surface area (Å²) in [5.74, 6) is 1.57. The van der Waals surface area contributed by atoms with Gasteiger partial charge in [0.1, 0.15) is 0 Å². The van der Waals surface area contributed by atoms with Gasteiger partial charge in [0.2, 0.25) is 0 Å². The molecule has 1 aliphatic carbocycles. The lowest BCUT2D eigenvalue weighted by Gasteiger charge is -2.40. The first kappa shape index (κ1) is 11.4. The third-order valence-electron chi connectivity index (χ3n) is 4.10. The molecule has 1 saturated carbocycles. The number of likely N-dealkylation sites (tertiary alicyclic amines) is 1. The smallest absolute Gasteiger partial charge is 0.0724 e. The zero-order valence-corrected chi connectivity index (χ0v) is 9.98. The van der Waals surface area contributed by atoms with Crippen LogP contribution in [0.5, 0.6) is 0 Å². The van der Waals surface area contributed by atoms with Crippen LogP contribution >= 0.6 is 0 Å². The molecule has 0 amide bonds. The Balaban J connectivity index is 1.91. The summed E-state index contributed by atoms with van der Waals surface area (Å²) in [6, 6.07) is 0.621. The van der Waals surface area contributed by atoms with Crippen molar-refractivity contribution in [2.24, 2.45) is 17.6 Å². The van der Waals surface area contributed by atoms with Crippen molar-refractivity contribution < 1.29 is 4.74 Å². The minimum absolute atomic E-state index is 0.409. The van der Waals surface area contributed by atoms with Crippen molar-refractivity contribution in [2.75, 3.05) is 26.7 Å². The highest BCUT2D eigenvalue weighted by atomic mass is 16.5. The molecule has 1 aliphatic heterocycles. The summed E-state index contributed by atoms with van der Waals surface area (Å²) < 4.78 is 5.55. The van der Waals surface area contributed by atoms with E-state index in [1.54, 1.807) is 0 Å². The van der Waals surface area contributed by atoms with Gasteiger partial charge < -0.3 is 10.5 Å². The maximum absolute atomic E-state index is 5.88. The van der Waals surface area contributed by atoms with Crippen LogP contribution in [-0.2, 0) is 4.74 Å². The van der Waals surface area contributed by atoms with Gasteiger partial charge >= 0.3 is 0 Å². The molecule has 0 aromatic rings. The molecule has 2 rings (SSSR count). The van der Waals surface area contributed by atoms with Gasteiger partial charge in [0.05, 0.1) is 6.10 Å². The van der Waals surface area contributed by atoms with Crippen LogP contribution in [0.15, 0.2) is 0 Å². The topological polar surface area (TPSA) is 38.5 Å². The Morgan fingerprint density at radius 2 is 2.13 bits per heavy atom. The van der Waals surface area contributed by atoms with Crippen LogP contribution in [0.4, 0.5) is 0 Å². The lowest BCUT2D eigenvalue weighted by Crippen LogP contribution is -2.51. The van der Waals surface area contributed by atoms with E-state index in [0.29, 0.717) is 18.1 Å². The highest BCUT2D eigenvalue weighted by Crippen LogP contribution is 2.36. The molecule has 3 unspecified atom stereocenters. The normalized spacial score (nSPS) is 35.4. The SMILES string of the molecule is COC1CN(C(CN)C2CC2)CCC1C. The van der Waals surface area contributed by atoms with Gasteiger partial charge in [0, 0.05) is 26.2 Å². The highest BCUT2D eigenvalue weighted by Gasteiger charge is 2.37. The molecular formula is C12H24N2O.